The molecule has 1 atom stereocenters. The number of hydrogen-bond donors (Lipinski definition) is 1. The van der Waals surface area contributed by atoms with E-state index in [0.29, 0.717) is 5.92 Å². The molecule has 6 nitrogen and oxygen atoms in total. The second-order valence-corrected chi connectivity index (χ2v) is 8.18. The van der Waals surface area contributed by atoms with Gasteiger partial charge in [0.05, 0.1) is 7.11 Å². The van der Waals surface area contributed by atoms with E-state index in [0.717, 1.165) is 63.2 Å². The van der Waals surface area contributed by atoms with Gasteiger partial charge < -0.3 is 24.8 Å². The summed E-state index contributed by atoms with van der Waals surface area (Å²) in [5, 5.41) is 3.59. The van der Waals surface area contributed by atoms with Gasteiger partial charge in [0.1, 0.15) is 11.6 Å². The first-order valence-corrected chi connectivity index (χ1v) is 11.0. The molecule has 0 bridgehead atoms. The zero-order valence-corrected chi connectivity index (χ0v) is 18.4. The zero-order chi connectivity index (χ0) is 21.6. The van der Waals surface area contributed by atoms with E-state index in [1.165, 1.54) is 24.2 Å². The molecule has 0 spiro atoms. The fourth-order valence-electron chi connectivity index (χ4n) is 4.44. The van der Waals surface area contributed by atoms with Crippen LogP contribution in [0, 0.1) is 11.7 Å². The molecule has 2 aromatic rings. The van der Waals surface area contributed by atoms with E-state index in [-0.39, 0.29) is 5.82 Å². The summed E-state index contributed by atoms with van der Waals surface area (Å²) in [6, 6.07) is 15.1. The molecule has 1 unspecified atom stereocenters. The molecular weight excluding hydrogens is 393 g/mol. The first-order valence-electron chi connectivity index (χ1n) is 11.0. The number of nitrogens with zero attached hydrogens (tertiary/aromatic N) is 4. The van der Waals surface area contributed by atoms with Crippen molar-refractivity contribution in [2.45, 2.75) is 6.42 Å². The van der Waals surface area contributed by atoms with Crippen LogP contribution in [0.4, 0.5) is 15.8 Å². The number of nitrogens with one attached hydrogen (secondary N) is 1. The summed E-state index contributed by atoms with van der Waals surface area (Å²) < 4.78 is 18.5. The molecule has 2 aromatic carbocycles. The predicted octanol–water partition coefficient (Wildman–Crippen LogP) is 3.06. The van der Waals surface area contributed by atoms with E-state index in [1.54, 1.807) is 7.11 Å². The summed E-state index contributed by atoms with van der Waals surface area (Å²) >= 11 is 0. The van der Waals surface area contributed by atoms with E-state index in [1.807, 2.05) is 31.3 Å². The van der Waals surface area contributed by atoms with Crippen molar-refractivity contribution in [2.24, 2.45) is 10.9 Å². The number of rotatable bonds is 5. The van der Waals surface area contributed by atoms with E-state index in [2.05, 4.69) is 37.1 Å². The number of methoxy groups -OCH3 is 1. The molecule has 31 heavy (non-hydrogen) atoms. The van der Waals surface area contributed by atoms with Crippen LogP contribution in [0.1, 0.15) is 6.42 Å². The molecule has 1 N–H and O–H groups in total. The van der Waals surface area contributed by atoms with Crippen LogP contribution in [0.5, 0.6) is 5.75 Å². The Balaban J connectivity index is 1.25. The van der Waals surface area contributed by atoms with Crippen LogP contribution in [-0.4, -0.2) is 70.8 Å². The van der Waals surface area contributed by atoms with Gasteiger partial charge in [0.15, 0.2) is 5.96 Å². The third kappa shape index (κ3) is 5.21. The normalized spacial score (nSPS) is 19.6. The van der Waals surface area contributed by atoms with Crippen molar-refractivity contribution in [1.82, 2.24) is 10.2 Å². The first kappa shape index (κ1) is 21.3. The Labute approximate surface area is 184 Å². The minimum atomic E-state index is -0.191. The highest BCUT2D eigenvalue weighted by Crippen LogP contribution is 2.26. The number of guanidine groups is 1. The van der Waals surface area contributed by atoms with Crippen LogP contribution in [0.15, 0.2) is 53.5 Å². The second kappa shape index (κ2) is 9.90. The maximum atomic E-state index is 13.2. The van der Waals surface area contributed by atoms with Crippen molar-refractivity contribution in [1.29, 1.82) is 0 Å². The standard InChI is InChI=1S/C24H32FN5O/c1-26-24(29-14-12-28(13-15-29)21-8-6-20(25)7-9-21)27-17-19-10-11-30(18-19)22-4-3-5-23(16-22)31-2/h3-9,16,19H,10-15,17-18H2,1-2H3,(H,26,27). The molecule has 7 heteroatoms. The fourth-order valence-corrected chi connectivity index (χ4v) is 4.44. The maximum absolute atomic E-state index is 13.2. The third-order valence-corrected chi connectivity index (χ3v) is 6.24. The van der Waals surface area contributed by atoms with Crippen LogP contribution in [0.2, 0.25) is 0 Å². The van der Waals surface area contributed by atoms with Crippen molar-refractivity contribution in [3.8, 4) is 5.75 Å². The highest BCUT2D eigenvalue weighted by molar-refractivity contribution is 5.80. The Morgan fingerprint density at radius 2 is 1.81 bits per heavy atom. The van der Waals surface area contributed by atoms with Gasteiger partial charge in [0.2, 0.25) is 0 Å². The van der Waals surface area contributed by atoms with Gasteiger partial charge >= 0.3 is 0 Å². The average Bonchev–Trinajstić information content (AvgIpc) is 3.30. The number of anilines is 2. The van der Waals surface area contributed by atoms with E-state index in [9.17, 15) is 4.39 Å². The number of piperazine rings is 1. The molecule has 166 valence electrons. The Morgan fingerprint density at radius 1 is 1.03 bits per heavy atom. The number of ether oxygens (including phenoxy) is 1. The summed E-state index contributed by atoms with van der Waals surface area (Å²) in [5.41, 5.74) is 2.30. The van der Waals surface area contributed by atoms with E-state index >= 15 is 0 Å². The Kier molecular flexibility index (Phi) is 6.79. The lowest BCUT2D eigenvalue weighted by atomic mass is 10.1. The highest BCUT2D eigenvalue weighted by atomic mass is 19.1. The van der Waals surface area contributed by atoms with Gasteiger partial charge in [-0.05, 0) is 48.7 Å². The monoisotopic (exact) mass is 425 g/mol. The molecule has 2 saturated heterocycles. The minimum absolute atomic E-state index is 0.191. The number of hydrogen-bond acceptors (Lipinski definition) is 4. The van der Waals surface area contributed by atoms with Crippen LogP contribution in [0.3, 0.4) is 0 Å². The lowest BCUT2D eigenvalue weighted by Crippen LogP contribution is -2.53. The topological polar surface area (TPSA) is 43.3 Å². The smallest absolute Gasteiger partial charge is 0.193 e. The summed E-state index contributed by atoms with van der Waals surface area (Å²) in [5.74, 6) is 2.27. The van der Waals surface area contributed by atoms with Gasteiger partial charge in [-0.25, -0.2) is 4.39 Å². The van der Waals surface area contributed by atoms with Gasteiger partial charge in [0, 0.05) is 70.3 Å². The Hall–Kier alpha value is -2.96. The number of aliphatic imine (C=N–C) groups is 1. The van der Waals surface area contributed by atoms with Crippen LogP contribution < -0.4 is 19.9 Å². The van der Waals surface area contributed by atoms with Crippen LogP contribution in [0.25, 0.3) is 0 Å². The lowest BCUT2D eigenvalue weighted by Gasteiger charge is -2.38. The zero-order valence-electron chi connectivity index (χ0n) is 18.4. The van der Waals surface area contributed by atoms with Gasteiger partial charge in [-0.3, -0.25) is 4.99 Å². The van der Waals surface area contributed by atoms with Gasteiger partial charge in [0.25, 0.3) is 0 Å². The molecule has 2 aliphatic heterocycles. The summed E-state index contributed by atoms with van der Waals surface area (Å²) in [4.78, 5) is 11.6. The highest BCUT2D eigenvalue weighted by Gasteiger charge is 2.25. The SMILES string of the molecule is CN=C(NCC1CCN(c2cccc(OC)c2)C1)N1CCN(c2ccc(F)cc2)CC1. The van der Waals surface area contributed by atoms with E-state index < -0.39 is 0 Å². The quantitative estimate of drug-likeness (QED) is 0.589. The van der Waals surface area contributed by atoms with Gasteiger partial charge in [-0.1, -0.05) is 6.07 Å². The first-order chi connectivity index (χ1) is 15.2. The minimum Gasteiger partial charge on any atom is -0.497 e. The summed E-state index contributed by atoms with van der Waals surface area (Å²) in [6.45, 7) is 6.63. The lowest BCUT2D eigenvalue weighted by molar-refractivity contribution is 0.369. The van der Waals surface area contributed by atoms with E-state index in [4.69, 9.17) is 4.74 Å². The Bertz CT molecular complexity index is 880. The molecular formula is C24H32FN5O. The molecule has 0 amide bonds. The van der Waals surface area contributed by atoms with Crippen molar-refractivity contribution in [3.05, 3.63) is 54.3 Å². The molecule has 4 rings (SSSR count). The third-order valence-electron chi connectivity index (χ3n) is 6.24. The summed E-state index contributed by atoms with van der Waals surface area (Å²) in [7, 11) is 3.56. The van der Waals surface area contributed by atoms with Crippen LogP contribution >= 0.6 is 0 Å². The van der Waals surface area contributed by atoms with Gasteiger partial charge in [-0.2, -0.15) is 0 Å². The van der Waals surface area contributed by atoms with Crippen molar-refractivity contribution in [3.63, 3.8) is 0 Å². The van der Waals surface area contributed by atoms with Crippen molar-refractivity contribution in [2.75, 3.05) is 69.8 Å². The van der Waals surface area contributed by atoms with Crippen LogP contribution in [-0.2, 0) is 0 Å². The molecule has 2 heterocycles. The molecule has 2 aliphatic rings. The second-order valence-electron chi connectivity index (χ2n) is 8.18. The largest absolute Gasteiger partial charge is 0.497 e. The van der Waals surface area contributed by atoms with Crippen molar-refractivity contribution >= 4 is 17.3 Å². The molecule has 0 saturated carbocycles. The molecule has 2 fully saturated rings. The average molecular weight is 426 g/mol. The number of halogens is 1. The molecule has 0 aliphatic carbocycles. The fraction of sp³-hybridized carbons (Fsp3) is 0.458. The molecule has 0 aromatic heterocycles. The van der Waals surface area contributed by atoms with Gasteiger partial charge in [-0.15, -0.1) is 0 Å². The number of benzene rings is 2. The summed E-state index contributed by atoms with van der Waals surface area (Å²) in [6.07, 6.45) is 1.17. The van der Waals surface area contributed by atoms with Crippen molar-refractivity contribution < 1.29 is 9.13 Å². The predicted molar refractivity (Wildman–Crippen MR) is 125 cm³/mol. The Morgan fingerprint density at radius 3 is 2.52 bits per heavy atom. The molecule has 0 radical (unpaired) electrons. The maximum Gasteiger partial charge on any atom is 0.193 e.